The molecule has 2 saturated heterocycles. The topological polar surface area (TPSA) is 69.7 Å². The largest absolute Gasteiger partial charge is 0.325 e. The first-order valence-corrected chi connectivity index (χ1v) is 9.31. The van der Waals surface area contributed by atoms with E-state index in [4.69, 9.17) is 0 Å². The molecular weight excluding hydrogens is 330 g/mol. The second-order valence-corrected chi connectivity index (χ2v) is 7.79. The summed E-state index contributed by atoms with van der Waals surface area (Å²) >= 11 is 0. The Kier molecular flexibility index (Phi) is 5.14. The number of amides is 3. The van der Waals surface area contributed by atoms with Crippen LogP contribution in [0.5, 0.6) is 0 Å². The van der Waals surface area contributed by atoms with Crippen LogP contribution in [0.3, 0.4) is 0 Å². The Labute approximate surface area is 154 Å². The third-order valence-electron chi connectivity index (χ3n) is 5.35. The van der Waals surface area contributed by atoms with Gasteiger partial charge in [0.1, 0.15) is 11.6 Å². The van der Waals surface area contributed by atoms with Gasteiger partial charge in [0.15, 0.2) is 5.78 Å². The van der Waals surface area contributed by atoms with Gasteiger partial charge in [-0.3, -0.25) is 14.5 Å². The molecule has 3 rings (SSSR count). The average Bonchev–Trinajstić information content (AvgIpc) is 2.86. The Bertz CT molecular complexity index is 694. The van der Waals surface area contributed by atoms with Crippen LogP contribution in [-0.4, -0.2) is 58.7 Å². The first kappa shape index (κ1) is 18.6. The molecule has 0 radical (unpaired) electrons. The minimum Gasteiger partial charge on any atom is -0.323 e. The van der Waals surface area contributed by atoms with E-state index in [2.05, 4.69) is 24.1 Å². The predicted molar refractivity (Wildman–Crippen MR) is 98.9 cm³/mol. The van der Waals surface area contributed by atoms with Crippen molar-refractivity contribution < 1.29 is 14.4 Å². The minimum atomic E-state index is -0.851. The smallest absolute Gasteiger partial charge is 0.323 e. The van der Waals surface area contributed by atoms with E-state index in [1.165, 1.54) is 0 Å². The summed E-state index contributed by atoms with van der Waals surface area (Å²) in [6.07, 6.45) is 1.18. The highest BCUT2D eigenvalue weighted by atomic mass is 16.2. The van der Waals surface area contributed by atoms with Crippen molar-refractivity contribution >= 4 is 17.7 Å². The number of hydrogen-bond donors (Lipinski definition) is 1. The number of piperidine rings is 1. The Hall–Kier alpha value is -2.21. The third kappa shape index (κ3) is 3.38. The van der Waals surface area contributed by atoms with E-state index in [1.807, 2.05) is 6.07 Å². The van der Waals surface area contributed by atoms with Crippen LogP contribution in [0.1, 0.15) is 44.0 Å². The molecule has 2 aliphatic rings. The quantitative estimate of drug-likeness (QED) is 0.648. The van der Waals surface area contributed by atoms with Gasteiger partial charge in [-0.2, -0.15) is 0 Å². The normalized spacial score (nSPS) is 21.3. The number of urea groups is 1. The fraction of sp³-hybridized carbons (Fsp3) is 0.550. The van der Waals surface area contributed by atoms with Crippen LogP contribution >= 0.6 is 0 Å². The third-order valence-corrected chi connectivity index (χ3v) is 5.35. The zero-order chi connectivity index (χ0) is 18.9. The number of nitrogens with zero attached hydrogens (tertiary/aromatic N) is 2. The van der Waals surface area contributed by atoms with Crippen molar-refractivity contribution in [2.24, 2.45) is 5.92 Å². The van der Waals surface area contributed by atoms with Crippen LogP contribution in [0, 0.1) is 5.92 Å². The fourth-order valence-corrected chi connectivity index (χ4v) is 3.93. The maximum atomic E-state index is 13.1. The molecule has 2 fully saturated rings. The van der Waals surface area contributed by atoms with E-state index in [9.17, 15) is 14.4 Å². The monoisotopic (exact) mass is 357 g/mol. The van der Waals surface area contributed by atoms with E-state index in [0.717, 1.165) is 24.5 Å². The molecular formula is C20H27N3O3. The molecule has 0 aliphatic carbocycles. The average molecular weight is 357 g/mol. The van der Waals surface area contributed by atoms with Gasteiger partial charge in [0, 0.05) is 25.2 Å². The number of carbonyl (C=O) groups excluding carboxylic acids is 3. The van der Waals surface area contributed by atoms with Crippen molar-refractivity contribution in [3.05, 3.63) is 35.9 Å². The van der Waals surface area contributed by atoms with Gasteiger partial charge in [-0.15, -0.1) is 0 Å². The summed E-state index contributed by atoms with van der Waals surface area (Å²) in [6, 6.07) is 7.53. The van der Waals surface area contributed by atoms with E-state index in [1.54, 1.807) is 31.2 Å². The first-order chi connectivity index (χ1) is 12.3. The summed E-state index contributed by atoms with van der Waals surface area (Å²) < 4.78 is 0. The highest BCUT2D eigenvalue weighted by Gasteiger charge is 2.54. The van der Waals surface area contributed by atoms with Crippen LogP contribution < -0.4 is 5.32 Å². The SMILES string of the molecule is CC(C)CN1CCC2(CC1)NC(=O)N(C(C)C(=O)c1ccccc1)C2=O. The lowest BCUT2D eigenvalue weighted by Gasteiger charge is -2.38. The molecule has 1 unspecified atom stereocenters. The van der Waals surface area contributed by atoms with Crippen LogP contribution in [0.25, 0.3) is 0 Å². The first-order valence-electron chi connectivity index (χ1n) is 9.31. The van der Waals surface area contributed by atoms with Gasteiger partial charge in [-0.05, 0) is 25.7 Å². The predicted octanol–water partition coefficient (Wildman–Crippen LogP) is 2.30. The summed E-state index contributed by atoms with van der Waals surface area (Å²) in [5, 5.41) is 2.89. The number of carbonyl (C=O) groups is 3. The van der Waals surface area contributed by atoms with Crippen LogP contribution in [0.2, 0.25) is 0 Å². The molecule has 1 spiro atoms. The molecule has 140 valence electrons. The molecule has 2 heterocycles. The second-order valence-electron chi connectivity index (χ2n) is 7.79. The number of hydrogen-bond acceptors (Lipinski definition) is 4. The van der Waals surface area contributed by atoms with Crippen molar-refractivity contribution in [1.82, 2.24) is 15.1 Å². The zero-order valence-corrected chi connectivity index (χ0v) is 15.7. The van der Waals surface area contributed by atoms with Crippen LogP contribution in [-0.2, 0) is 4.79 Å². The molecule has 0 aromatic heterocycles. The lowest BCUT2D eigenvalue weighted by Crippen LogP contribution is -2.55. The van der Waals surface area contributed by atoms with E-state index >= 15 is 0 Å². The van der Waals surface area contributed by atoms with E-state index in [-0.39, 0.29) is 11.7 Å². The Balaban J connectivity index is 1.72. The highest BCUT2D eigenvalue weighted by molar-refractivity contribution is 6.12. The summed E-state index contributed by atoms with van der Waals surface area (Å²) in [5.74, 6) is 0.0878. The Morgan fingerprint density at radius 3 is 2.31 bits per heavy atom. The molecule has 1 aromatic rings. The van der Waals surface area contributed by atoms with Crippen molar-refractivity contribution in [3.8, 4) is 0 Å². The van der Waals surface area contributed by atoms with E-state index < -0.39 is 17.6 Å². The maximum absolute atomic E-state index is 13.1. The van der Waals surface area contributed by atoms with Gasteiger partial charge in [-0.1, -0.05) is 44.2 Å². The molecule has 1 atom stereocenters. The number of ketones is 1. The number of benzene rings is 1. The molecule has 2 aliphatic heterocycles. The second kappa shape index (κ2) is 7.19. The number of rotatable bonds is 5. The fourth-order valence-electron chi connectivity index (χ4n) is 3.93. The van der Waals surface area contributed by atoms with Crippen molar-refractivity contribution in [3.63, 3.8) is 0 Å². The van der Waals surface area contributed by atoms with Gasteiger partial charge in [0.05, 0.1) is 0 Å². The highest BCUT2D eigenvalue weighted by Crippen LogP contribution is 2.31. The molecule has 6 heteroatoms. The molecule has 0 bridgehead atoms. The minimum absolute atomic E-state index is 0.219. The summed E-state index contributed by atoms with van der Waals surface area (Å²) in [5.41, 5.74) is -0.344. The van der Waals surface area contributed by atoms with Crippen LogP contribution in [0.4, 0.5) is 4.79 Å². The summed E-state index contributed by atoms with van der Waals surface area (Å²) in [4.78, 5) is 41.7. The molecule has 3 amide bonds. The van der Waals surface area contributed by atoms with Gasteiger partial charge in [0.25, 0.3) is 5.91 Å². The zero-order valence-electron chi connectivity index (χ0n) is 15.7. The van der Waals surface area contributed by atoms with Crippen molar-refractivity contribution in [1.29, 1.82) is 0 Å². The van der Waals surface area contributed by atoms with Crippen LogP contribution in [0.15, 0.2) is 30.3 Å². The standard InChI is InChI=1S/C20H27N3O3/c1-14(2)13-22-11-9-20(10-12-22)18(25)23(19(26)21-20)15(3)17(24)16-7-5-4-6-8-16/h4-8,14-15H,9-13H2,1-3H3,(H,21,26). The molecule has 26 heavy (non-hydrogen) atoms. The lowest BCUT2D eigenvalue weighted by atomic mass is 9.87. The Morgan fingerprint density at radius 1 is 1.12 bits per heavy atom. The summed E-state index contributed by atoms with van der Waals surface area (Å²) in [6.45, 7) is 8.51. The number of imide groups is 1. The number of nitrogens with one attached hydrogen (secondary N) is 1. The van der Waals surface area contributed by atoms with Gasteiger partial charge < -0.3 is 10.2 Å². The van der Waals surface area contributed by atoms with Gasteiger partial charge in [-0.25, -0.2) is 4.79 Å². The van der Waals surface area contributed by atoms with Gasteiger partial charge in [0.2, 0.25) is 0 Å². The molecule has 6 nitrogen and oxygen atoms in total. The summed E-state index contributed by atoms with van der Waals surface area (Å²) in [7, 11) is 0. The number of likely N-dealkylation sites (tertiary alicyclic amines) is 1. The Morgan fingerprint density at radius 2 is 1.73 bits per heavy atom. The van der Waals surface area contributed by atoms with Crippen molar-refractivity contribution in [2.75, 3.05) is 19.6 Å². The molecule has 1 aromatic carbocycles. The van der Waals surface area contributed by atoms with Crippen molar-refractivity contribution in [2.45, 2.75) is 45.2 Å². The van der Waals surface area contributed by atoms with E-state index in [0.29, 0.717) is 24.3 Å². The lowest BCUT2D eigenvalue weighted by molar-refractivity contribution is -0.133. The van der Waals surface area contributed by atoms with Gasteiger partial charge >= 0.3 is 6.03 Å². The number of Topliss-reactive ketones (excluding diaryl/α,β-unsaturated/α-hetero) is 1. The molecule has 1 N–H and O–H groups in total. The maximum Gasteiger partial charge on any atom is 0.325 e. The molecule has 0 saturated carbocycles.